The Bertz CT molecular complexity index is 282. The highest BCUT2D eigenvalue weighted by molar-refractivity contribution is 5.83. The number of hydrogen-bond acceptors (Lipinski definition) is 4. The summed E-state index contributed by atoms with van der Waals surface area (Å²) in [5.74, 6) is -0.750. The van der Waals surface area contributed by atoms with E-state index in [0.29, 0.717) is 19.1 Å². The Kier molecular flexibility index (Phi) is 9.16. The van der Waals surface area contributed by atoms with Crippen LogP contribution in [0.15, 0.2) is 0 Å². The van der Waals surface area contributed by atoms with E-state index in [0.717, 1.165) is 6.42 Å². The summed E-state index contributed by atoms with van der Waals surface area (Å²) in [7, 11) is 1.49. The number of ether oxygens (including phenoxy) is 1. The lowest BCUT2D eigenvalue weighted by Crippen LogP contribution is -2.42. The molecule has 0 aliphatic carbocycles. The van der Waals surface area contributed by atoms with Gasteiger partial charge < -0.3 is 20.9 Å². The third kappa shape index (κ3) is 8.56. The van der Waals surface area contributed by atoms with Crippen molar-refractivity contribution < 1.29 is 19.4 Å². The highest BCUT2D eigenvalue weighted by atomic mass is 16.5. The molecule has 6 heteroatoms. The number of hydrogen-bond donors (Lipinski definition) is 3. The molecule has 1 amide bonds. The Labute approximate surface area is 114 Å². The average Bonchev–Trinajstić information content (AvgIpc) is 2.32. The number of carboxylic acid groups (broad SMARTS) is 1. The van der Waals surface area contributed by atoms with Crippen LogP contribution in [-0.2, 0) is 14.3 Å². The van der Waals surface area contributed by atoms with E-state index in [2.05, 4.69) is 19.2 Å². The average molecular weight is 274 g/mol. The number of carbonyl (C=O) groups excluding carboxylic acids is 1. The van der Waals surface area contributed by atoms with Gasteiger partial charge >= 0.3 is 5.97 Å². The summed E-state index contributed by atoms with van der Waals surface area (Å²) in [4.78, 5) is 22.8. The van der Waals surface area contributed by atoms with E-state index in [-0.39, 0.29) is 24.7 Å². The van der Waals surface area contributed by atoms with Crippen molar-refractivity contribution in [3.63, 3.8) is 0 Å². The van der Waals surface area contributed by atoms with Gasteiger partial charge in [-0.3, -0.25) is 4.79 Å². The molecule has 112 valence electrons. The Morgan fingerprint density at radius 3 is 2.42 bits per heavy atom. The molecule has 0 aromatic carbocycles. The highest BCUT2D eigenvalue weighted by Gasteiger charge is 2.21. The highest BCUT2D eigenvalue weighted by Crippen LogP contribution is 2.14. The van der Waals surface area contributed by atoms with Crippen molar-refractivity contribution in [1.29, 1.82) is 0 Å². The minimum Gasteiger partial charge on any atom is -0.480 e. The molecule has 0 fully saturated rings. The van der Waals surface area contributed by atoms with Gasteiger partial charge in [-0.15, -0.1) is 0 Å². The smallest absolute Gasteiger partial charge is 0.326 e. The summed E-state index contributed by atoms with van der Waals surface area (Å²) in [5.41, 5.74) is 5.62. The Morgan fingerprint density at radius 1 is 1.37 bits per heavy atom. The zero-order valence-electron chi connectivity index (χ0n) is 12.0. The zero-order valence-corrected chi connectivity index (χ0v) is 12.0. The minimum atomic E-state index is -1.04. The predicted octanol–water partition coefficient (Wildman–Crippen LogP) is 0.603. The molecule has 6 nitrogen and oxygen atoms in total. The lowest BCUT2D eigenvalue weighted by Gasteiger charge is -2.19. The molecule has 1 unspecified atom stereocenters. The van der Waals surface area contributed by atoms with E-state index in [4.69, 9.17) is 15.6 Å². The number of aliphatic carboxylic acids is 1. The van der Waals surface area contributed by atoms with Crippen LogP contribution < -0.4 is 11.1 Å². The van der Waals surface area contributed by atoms with Crippen LogP contribution in [-0.4, -0.2) is 43.3 Å². The first-order valence-electron chi connectivity index (χ1n) is 6.61. The predicted molar refractivity (Wildman–Crippen MR) is 72.7 cm³/mol. The van der Waals surface area contributed by atoms with Crippen molar-refractivity contribution >= 4 is 11.9 Å². The summed E-state index contributed by atoms with van der Waals surface area (Å²) < 4.78 is 4.82. The van der Waals surface area contributed by atoms with Gasteiger partial charge in [0.1, 0.15) is 6.04 Å². The fourth-order valence-electron chi connectivity index (χ4n) is 1.94. The number of carbonyl (C=O) groups is 2. The van der Waals surface area contributed by atoms with Crippen LogP contribution in [0.2, 0.25) is 0 Å². The molecule has 0 rings (SSSR count). The van der Waals surface area contributed by atoms with Gasteiger partial charge in [0.15, 0.2) is 0 Å². The normalized spacial score (nSPS) is 14.2. The molecule has 0 radical (unpaired) electrons. The van der Waals surface area contributed by atoms with Gasteiger partial charge in [0.05, 0.1) is 0 Å². The Morgan fingerprint density at radius 2 is 2.00 bits per heavy atom. The van der Waals surface area contributed by atoms with Gasteiger partial charge in [-0.25, -0.2) is 4.79 Å². The molecule has 0 aromatic rings. The molecule has 0 aliphatic heterocycles. The molecular weight excluding hydrogens is 248 g/mol. The van der Waals surface area contributed by atoms with Crippen molar-refractivity contribution in [2.24, 2.45) is 17.6 Å². The summed E-state index contributed by atoms with van der Waals surface area (Å²) >= 11 is 0. The van der Waals surface area contributed by atoms with Crippen LogP contribution in [0.5, 0.6) is 0 Å². The van der Waals surface area contributed by atoms with Crippen LogP contribution >= 0.6 is 0 Å². The number of nitrogens with two attached hydrogens (primary N) is 1. The maximum atomic E-state index is 11.8. The van der Waals surface area contributed by atoms with Crippen molar-refractivity contribution in [1.82, 2.24) is 5.32 Å². The minimum absolute atomic E-state index is 0.0943. The lowest BCUT2D eigenvalue weighted by atomic mass is 9.94. The van der Waals surface area contributed by atoms with Crippen molar-refractivity contribution in [3.05, 3.63) is 0 Å². The molecule has 0 heterocycles. The number of methoxy groups -OCH3 is 1. The molecule has 0 spiro atoms. The lowest BCUT2D eigenvalue weighted by molar-refractivity contribution is -0.142. The van der Waals surface area contributed by atoms with E-state index < -0.39 is 12.0 Å². The first-order valence-corrected chi connectivity index (χ1v) is 6.61. The maximum Gasteiger partial charge on any atom is 0.326 e. The van der Waals surface area contributed by atoms with Crippen LogP contribution in [0.25, 0.3) is 0 Å². The van der Waals surface area contributed by atoms with Crippen molar-refractivity contribution in [2.45, 2.75) is 39.2 Å². The van der Waals surface area contributed by atoms with Gasteiger partial charge in [-0.1, -0.05) is 13.8 Å². The SMILES string of the molecule is COCCC(NC(=O)C[C@@H](CN)CC(C)C)C(=O)O. The van der Waals surface area contributed by atoms with Crippen LogP contribution in [0.4, 0.5) is 0 Å². The van der Waals surface area contributed by atoms with E-state index in [9.17, 15) is 9.59 Å². The second-order valence-corrected chi connectivity index (χ2v) is 5.18. The topological polar surface area (TPSA) is 102 Å². The number of carboxylic acids is 1. The van der Waals surface area contributed by atoms with Gasteiger partial charge in [0.2, 0.25) is 5.91 Å². The number of nitrogens with one attached hydrogen (secondary N) is 1. The molecule has 0 bridgehead atoms. The number of amides is 1. The van der Waals surface area contributed by atoms with Crippen LogP contribution in [0.3, 0.4) is 0 Å². The maximum absolute atomic E-state index is 11.8. The summed E-state index contributed by atoms with van der Waals surface area (Å²) in [6, 6.07) is -0.898. The van der Waals surface area contributed by atoms with E-state index in [1.165, 1.54) is 7.11 Å². The van der Waals surface area contributed by atoms with Gasteiger partial charge in [0, 0.05) is 26.6 Å². The monoisotopic (exact) mass is 274 g/mol. The zero-order chi connectivity index (χ0) is 14.8. The fraction of sp³-hybridized carbons (Fsp3) is 0.846. The third-order valence-corrected chi connectivity index (χ3v) is 2.86. The summed E-state index contributed by atoms with van der Waals surface area (Å²) in [6.07, 6.45) is 1.39. The molecule has 0 saturated heterocycles. The van der Waals surface area contributed by atoms with Crippen molar-refractivity contribution in [3.8, 4) is 0 Å². The molecule has 0 aromatic heterocycles. The second-order valence-electron chi connectivity index (χ2n) is 5.18. The third-order valence-electron chi connectivity index (χ3n) is 2.86. The standard InChI is InChI=1S/C13H26N2O4/c1-9(2)6-10(8-14)7-12(16)15-11(13(17)18)4-5-19-3/h9-11H,4-8,14H2,1-3H3,(H,15,16)(H,17,18)/t10-,11?/m0/s1. The molecule has 2 atom stereocenters. The summed E-state index contributed by atoms with van der Waals surface area (Å²) in [5, 5.41) is 11.5. The van der Waals surface area contributed by atoms with Crippen molar-refractivity contribution in [2.75, 3.05) is 20.3 Å². The fourth-order valence-corrected chi connectivity index (χ4v) is 1.94. The largest absolute Gasteiger partial charge is 0.480 e. The molecule has 0 saturated carbocycles. The first kappa shape index (κ1) is 17.9. The Balaban J connectivity index is 4.27. The molecule has 0 aliphatic rings. The van der Waals surface area contributed by atoms with Gasteiger partial charge in [-0.2, -0.15) is 0 Å². The quantitative estimate of drug-likeness (QED) is 0.541. The van der Waals surface area contributed by atoms with Crippen LogP contribution in [0, 0.1) is 11.8 Å². The summed E-state index contributed by atoms with van der Waals surface area (Å²) in [6.45, 7) is 4.86. The van der Waals surface area contributed by atoms with E-state index >= 15 is 0 Å². The molecule has 19 heavy (non-hydrogen) atoms. The van der Waals surface area contributed by atoms with E-state index in [1.54, 1.807) is 0 Å². The number of rotatable bonds is 10. The van der Waals surface area contributed by atoms with Gasteiger partial charge in [-0.05, 0) is 24.8 Å². The van der Waals surface area contributed by atoms with Gasteiger partial charge in [0.25, 0.3) is 0 Å². The van der Waals surface area contributed by atoms with E-state index in [1.807, 2.05) is 0 Å². The van der Waals surface area contributed by atoms with Crippen LogP contribution in [0.1, 0.15) is 33.1 Å². The molecule has 4 N–H and O–H groups in total. The molecular formula is C13H26N2O4. The Hall–Kier alpha value is -1.14. The first-order chi connectivity index (χ1) is 8.90. The second kappa shape index (κ2) is 9.75.